The normalized spacial score (nSPS) is 20.4. The average molecular weight is 234 g/mol. The van der Waals surface area contributed by atoms with Gasteiger partial charge in [0.05, 0.1) is 5.56 Å². The second-order valence-electron chi connectivity index (χ2n) is 4.62. The molecule has 17 heavy (non-hydrogen) atoms. The van der Waals surface area contributed by atoms with Crippen molar-refractivity contribution >= 4 is 5.91 Å². The summed E-state index contributed by atoms with van der Waals surface area (Å²) in [6, 6.07) is 5.28. The molecule has 0 spiro atoms. The number of para-hydroxylation sites is 1. The Kier molecular flexibility index (Phi) is 3.33. The van der Waals surface area contributed by atoms with Crippen LogP contribution in [0.2, 0.25) is 0 Å². The van der Waals surface area contributed by atoms with E-state index in [-0.39, 0.29) is 17.7 Å². The predicted octanol–water partition coefficient (Wildman–Crippen LogP) is 1.26. The summed E-state index contributed by atoms with van der Waals surface area (Å²) in [4.78, 5) is 14.0. The molecule has 1 aliphatic rings. The number of rotatable bonds is 1. The van der Waals surface area contributed by atoms with Crippen molar-refractivity contribution in [1.29, 1.82) is 0 Å². The largest absolute Gasteiger partial charge is 0.507 e. The van der Waals surface area contributed by atoms with Gasteiger partial charge < -0.3 is 15.7 Å². The Hall–Kier alpha value is -1.55. The molecule has 4 nitrogen and oxygen atoms in total. The van der Waals surface area contributed by atoms with E-state index in [0.717, 1.165) is 24.9 Å². The summed E-state index contributed by atoms with van der Waals surface area (Å²) in [6.07, 6.45) is 1.89. The number of nitrogens with two attached hydrogens (primary N) is 1. The molecule has 0 saturated carbocycles. The van der Waals surface area contributed by atoms with E-state index in [2.05, 4.69) is 0 Å². The molecule has 1 aromatic carbocycles. The molecule has 0 aromatic heterocycles. The fourth-order valence-electron chi connectivity index (χ4n) is 2.20. The summed E-state index contributed by atoms with van der Waals surface area (Å²) in [5, 5.41) is 9.89. The summed E-state index contributed by atoms with van der Waals surface area (Å²) in [5.74, 6) is -0.0435. The molecule has 92 valence electrons. The van der Waals surface area contributed by atoms with Crippen LogP contribution in [0.5, 0.6) is 5.75 Å². The first kappa shape index (κ1) is 11.9. The number of likely N-dealkylation sites (tertiary alicyclic amines) is 1. The highest BCUT2D eigenvalue weighted by molar-refractivity contribution is 5.97. The summed E-state index contributed by atoms with van der Waals surface area (Å²) >= 11 is 0. The van der Waals surface area contributed by atoms with Gasteiger partial charge in [-0.15, -0.1) is 0 Å². The number of carbonyl (C=O) groups excluding carboxylic acids is 1. The van der Waals surface area contributed by atoms with Crippen LogP contribution in [0.3, 0.4) is 0 Å². The molecule has 1 aromatic rings. The van der Waals surface area contributed by atoms with Crippen molar-refractivity contribution in [3.05, 3.63) is 29.3 Å². The minimum atomic E-state index is -0.124. The predicted molar refractivity (Wildman–Crippen MR) is 66.0 cm³/mol. The first-order chi connectivity index (χ1) is 8.09. The fraction of sp³-hybridized carbons (Fsp3) is 0.462. The SMILES string of the molecule is Cc1cccc(C(=O)N2CCC[C@@H](N)C2)c1O. The molecule has 0 aliphatic carbocycles. The molecule has 1 saturated heterocycles. The number of benzene rings is 1. The number of aromatic hydroxyl groups is 1. The highest BCUT2D eigenvalue weighted by Crippen LogP contribution is 2.24. The number of nitrogens with zero attached hydrogens (tertiary/aromatic N) is 1. The number of amides is 1. The molecule has 1 aliphatic heterocycles. The third kappa shape index (κ3) is 2.42. The lowest BCUT2D eigenvalue weighted by molar-refractivity contribution is 0.0705. The Balaban J connectivity index is 2.22. The zero-order chi connectivity index (χ0) is 12.4. The molecule has 4 heteroatoms. The topological polar surface area (TPSA) is 66.6 Å². The Morgan fingerprint density at radius 1 is 1.53 bits per heavy atom. The van der Waals surface area contributed by atoms with Gasteiger partial charge in [0, 0.05) is 19.1 Å². The smallest absolute Gasteiger partial charge is 0.257 e. The first-order valence-electron chi connectivity index (χ1n) is 5.93. The highest BCUT2D eigenvalue weighted by Gasteiger charge is 2.24. The van der Waals surface area contributed by atoms with Gasteiger partial charge in [-0.3, -0.25) is 4.79 Å². The number of piperidine rings is 1. The lowest BCUT2D eigenvalue weighted by Gasteiger charge is -2.31. The summed E-state index contributed by atoms with van der Waals surface area (Å²) in [5.41, 5.74) is 6.95. The number of phenols is 1. The van der Waals surface area contributed by atoms with Gasteiger partial charge in [-0.1, -0.05) is 12.1 Å². The number of phenolic OH excluding ortho intramolecular Hbond substituents is 1. The standard InChI is InChI=1S/C13H18N2O2/c1-9-4-2-6-11(12(9)16)13(17)15-7-3-5-10(14)8-15/h2,4,6,10,16H,3,5,7-8,14H2,1H3/t10-/m1/s1. The Labute approximate surface area is 101 Å². The monoisotopic (exact) mass is 234 g/mol. The van der Waals surface area contributed by atoms with Crippen molar-refractivity contribution in [2.45, 2.75) is 25.8 Å². The molecule has 1 amide bonds. The minimum absolute atomic E-state index is 0.0552. The van der Waals surface area contributed by atoms with Gasteiger partial charge in [0.1, 0.15) is 5.75 Å². The van der Waals surface area contributed by atoms with E-state index >= 15 is 0 Å². The zero-order valence-corrected chi connectivity index (χ0v) is 10.0. The molecule has 0 bridgehead atoms. The first-order valence-corrected chi connectivity index (χ1v) is 5.93. The van der Waals surface area contributed by atoms with Gasteiger partial charge in [-0.05, 0) is 31.4 Å². The lowest BCUT2D eigenvalue weighted by Crippen LogP contribution is -2.45. The average Bonchev–Trinajstić information content (AvgIpc) is 2.32. The second kappa shape index (κ2) is 4.75. The van der Waals surface area contributed by atoms with Crippen molar-refractivity contribution in [3.63, 3.8) is 0 Å². The number of carbonyl (C=O) groups is 1. The minimum Gasteiger partial charge on any atom is -0.507 e. The molecule has 0 unspecified atom stereocenters. The van der Waals surface area contributed by atoms with Gasteiger partial charge >= 0.3 is 0 Å². The van der Waals surface area contributed by atoms with E-state index in [1.165, 1.54) is 0 Å². The van der Waals surface area contributed by atoms with Crippen LogP contribution in [0.1, 0.15) is 28.8 Å². The lowest BCUT2D eigenvalue weighted by atomic mass is 10.0. The van der Waals surface area contributed by atoms with Crippen LogP contribution >= 0.6 is 0 Å². The van der Waals surface area contributed by atoms with Crippen molar-refractivity contribution in [1.82, 2.24) is 4.90 Å². The van der Waals surface area contributed by atoms with E-state index < -0.39 is 0 Å². The van der Waals surface area contributed by atoms with E-state index in [1.54, 1.807) is 30.0 Å². The van der Waals surface area contributed by atoms with E-state index in [1.807, 2.05) is 0 Å². The van der Waals surface area contributed by atoms with Crippen LogP contribution in [0.25, 0.3) is 0 Å². The van der Waals surface area contributed by atoms with Crippen LogP contribution in [-0.4, -0.2) is 35.0 Å². The quantitative estimate of drug-likeness (QED) is 0.769. The van der Waals surface area contributed by atoms with Crippen molar-refractivity contribution in [2.24, 2.45) is 5.73 Å². The Bertz CT molecular complexity index is 431. The maximum absolute atomic E-state index is 12.2. The van der Waals surface area contributed by atoms with Crippen molar-refractivity contribution in [2.75, 3.05) is 13.1 Å². The molecule has 3 N–H and O–H groups in total. The molecule has 1 atom stereocenters. The van der Waals surface area contributed by atoms with Gasteiger partial charge in [-0.2, -0.15) is 0 Å². The maximum atomic E-state index is 12.2. The summed E-state index contributed by atoms with van der Waals surface area (Å²) in [6.45, 7) is 3.08. The van der Waals surface area contributed by atoms with Gasteiger partial charge in [0.15, 0.2) is 0 Å². The third-order valence-corrected chi connectivity index (χ3v) is 3.21. The van der Waals surface area contributed by atoms with Crippen LogP contribution in [0.15, 0.2) is 18.2 Å². The highest BCUT2D eigenvalue weighted by atomic mass is 16.3. The Morgan fingerprint density at radius 2 is 2.29 bits per heavy atom. The van der Waals surface area contributed by atoms with Gasteiger partial charge in [0.2, 0.25) is 0 Å². The molecule has 0 radical (unpaired) electrons. The maximum Gasteiger partial charge on any atom is 0.257 e. The molecule has 1 heterocycles. The molecule has 1 fully saturated rings. The second-order valence-corrected chi connectivity index (χ2v) is 4.62. The van der Waals surface area contributed by atoms with Crippen LogP contribution in [-0.2, 0) is 0 Å². The van der Waals surface area contributed by atoms with Crippen molar-refractivity contribution < 1.29 is 9.90 Å². The van der Waals surface area contributed by atoms with Crippen LogP contribution in [0, 0.1) is 6.92 Å². The van der Waals surface area contributed by atoms with Crippen LogP contribution < -0.4 is 5.73 Å². The Morgan fingerprint density at radius 3 is 3.00 bits per heavy atom. The summed E-state index contributed by atoms with van der Waals surface area (Å²) in [7, 11) is 0. The van der Waals surface area contributed by atoms with Crippen molar-refractivity contribution in [3.8, 4) is 5.75 Å². The van der Waals surface area contributed by atoms with Gasteiger partial charge in [-0.25, -0.2) is 0 Å². The number of aryl methyl sites for hydroxylation is 1. The molecular formula is C13H18N2O2. The van der Waals surface area contributed by atoms with Crippen LogP contribution in [0.4, 0.5) is 0 Å². The third-order valence-electron chi connectivity index (χ3n) is 3.21. The van der Waals surface area contributed by atoms with E-state index in [0.29, 0.717) is 12.1 Å². The van der Waals surface area contributed by atoms with E-state index in [9.17, 15) is 9.90 Å². The van der Waals surface area contributed by atoms with Gasteiger partial charge in [0.25, 0.3) is 5.91 Å². The number of hydrogen-bond acceptors (Lipinski definition) is 3. The number of hydrogen-bond donors (Lipinski definition) is 2. The zero-order valence-electron chi connectivity index (χ0n) is 10.0. The summed E-state index contributed by atoms with van der Waals surface area (Å²) < 4.78 is 0. The molecular weight excluding hydrogens is 216 g/mol. The van der Waals surface area contributed by atoms with E-state index in [4.69, 9.17) is 5.73 Å². The fourth-order valence-corrected chi connectivity index (χ4v) is 2.20. The molecule has 2 rings (SSSR count).